The zero-order valence-electron chi connectivity index (χ0n) is 23.6. The van der Waals surface area contributed by atoms with Crippen LogP contribution in [0.5, 0.6) is 0 Å². The van der Waals surface area contributed by atoms with Gasteiger partial charge >= 0.3 is 0 Å². The number of thiazole rings is 1. The summed E-state index contributed by atoms with van der Waals surface area (Å²) < 4.78 is 0.880. The molecule has 1 saturated heterocycles. The highest BCUT2D eigenvalue weighted by atomic mass is 32.2. The van der Waals surface area contributed by atoms with E-state index in [0.717, 1.165) is 79.4 Å². The van der Waals surface area contributed by atoms with Crippen LogP contribution in [0, 0.1) is 19.8 Å². The van der Waals surface area contributed by atoms with Crippen LogP contribution in [0.4, 0.5) is 5.69 Å². The summed E-state index contributed by atoms with van der Waals surface area (Å²) in [6.07, 6.45) is 7.45. The summed E-state index contributed by atoms with van der Waals surface area (Å²) in [4.78, 5) is 32.6. The molecule has 2 amide bonds. The minimum Gasteiger partial charge on any atom is -0.353 e. The van der Waals surface area contributed by atoms with Crippen LogP contribution in [-0.2, 0) is 16.1 Å². The number of likely N-dealkylation sites (tertiary alicyclic amines) is 1. The quantitative estimate of drug-likeness (QED) is 0.274. The molecule has 0 radical (unpaired) electrons. The maximum absolute atomic E-state index is 12.7. The number of benzene rings is 2. The maximum Gasteiger partial charge on any atom is 0.230 e. The molecule has 5 rings (SSSR count). The van der Waals surface area contributed by atoms with Crippen molar-refractivity contribution in [3.63, 3.8) is 0 Å². The zero-order chi connectivity index (χ0) is 27.9. The van der Waals surface area contributed by atoms with Crippen LogP contribution in [0.2, 0.25) is 0 Å². The molecule has 0 atom stereocenters. The van der Waals surface area contributed by atoms with Crippen molar-refractivity contribution in [1.29, 1.82) is 0 Å². The van der Waals surface area contributed by atoms with Gasteiger partial charge in [0.05, 0.1) is 11.4 Å². The van der Waals surface area contributed by atoms with E-state index in [-0.39, 0.29) is 23.8 Å². The number of thioether (sulfide) groups is 1. The number of hydrogen-bond donors (Lipinski definition) is 2. The van der Waals surface area contributed by atoms with E-state index in [2.05, 4.69) is 47.6 Å². The monoisotopic (exact) mass is 576 g/mol. The van der Waals surface area contributed by atoms with Crippen LogP contribution in [0.3, 0.4) is 0 Å². The van der Waals surface area contributed by atoms with E-state index in [4.69, 9.17) is 4.98 Å². The molecule has 6 nitrogen and oxygen atoms in total. The van der Waals surface area contributed by atoms with E-state index < -0.39 is 0 Å². The van der Waals surface area contributed by atoms with Crippen molar-refractivity contribution >= 4 is 40.6 Å². The van der Waals surface area contributed by atoms with Gasteiger partial charge in [-0.3, -0.25) is 14.5 Å². The van der Waals surface area contributed by atoms with Gasteiger partial charge in [0.25, 0.3) is 0 Å². The molecule has 1 aromatic heterocycles. The molecule has 2 aliphatic rings. The van der Waals surface area contributed by atoms with E-state index >= 15 is 0 Å². The Balaban J connectivity index is 1.05. The Morgan fingerprint density at radius 2 is 1.80 bits per heavy atom. The standard InChI is InChI=1S/C32H40N4O2S2/c1-22-11-12-24(17-23(22)2)19-36-15-13-27(14-16-36)33-30(37)21-40-32-35-29(20-39-32)26-9-6-10-28(18-26)34-31(38)25-7-4-3-5-8-25/h6,9-12,17-18,20,25,27H,3-5,7-8,13-16,19,21H2,1-2H3,(H,33,37)(H,34,38). The topological polar surface area (TPSA) is 74.3 Å². The third kappa shape index (κ3) is 7.95. The Kier molecular flexibility index (Phi) is 9.94. The molecule has 1 aliphatic heterocycles. The molecule has 40 heavy (non-hydrogen) atoms. The number of aryl methyl sites for hydroxylation is 2. The van der Waals surface area contributed by atoms with E-state index in [9.17, 15) is 9.59 Å². The Morgan fingerprint density at radius 1 is 1.00 bits per heavy atom. The fourth-order valence-corrected chi connectivity index (χ4v) is 7.26. The molecular formula is C32H40N4O2S2. The molecular weight excluding hydrogens is 537 g/mol. The smallest absolute Gasteiger partial charge is 0.230 e. The molecule has 2 aromatic carbocycles. The number of aromatic nitrogens is 1. The second-order valence-corrected chi connectivity index (χ2v) is 13.3. The molecule has 2 heterocycles. The number of piperidine rings is 1. The fraction of sp³-hybridized carbons (Fsp3) is 0.469. The van der Waals surface area contributed by atoms with Crippen molar-refractivity contribution in [2.24, 2.45) is 5.92 Å². The molecule has 0 spiro atoms. The number of carbonyl (C=O) groups excluding carboxylic acids is 2. The van der Waals surface area contributed by atoms with Crippen molar-refractivity contribution in [3.8, 4) is 11.3 Å². The first-order valence-corrected chi connectivity index (χ1v) is 16.4. The normalized spacial score (nSPS) is 17.1. The van der Waals surface area contributed by atoms with Gasteiger partial charge in [0.2, 0.25) is 11.8 Å². The SMILES string of the molecule is Cc1ccc(CN2CCC(NC(=O)CSc3nc(-c4cccc(NC(=O)C5CCCCC5)c4)cs3)CC2)cc1C. The molecule has 0 bridgehead atoms. The molecule has 212 valence electrons. The van der Waals surface area contributed by atoms with Crippen LogP contribution < -0.4 is 10.6 Å². The first-order valence-electron chi connectivity index (χ1n) is 14.5. The summed E-state index contributed by atoms with van der Waals surface area (Å²) >= 11 is 3.04. The summed E-state index contributed by atoms with van der Waals surface area (Å²) in [5, 5.41) is 8.35. The van der Waals surface area contributed by atoms with Crippen LogP contribution in [-0.4, -0.2) is 46.6 Å². The molecule has 1 aliphatic carbocycles. The van der Waals surface area contributed by atoms with Gasteiger partial charge in [-0.05, 0) is 68.4 Å². The lowest BCUT2D eigenvalue weighted by Gasteiger charge is -2.32. The average Bonchev–Trinajstić information content (AvgIpc) is 3.45. The fourth-order valence-electron chi connectivity index (χ4n) is 5.61. The number of hydrogen-bond acceptors (Lipinski definition) is 6. The molecule has 0 unspecified atom stereocenters. The first kappa shape index (κ1) is 28.8. The van der Waals surface area contributed by atoms with Gasteiger partial charge in [0, 0.05) is 48.2 Å². The van der Waals surface area contributed by atoms with Gasteiger partial charge in [0.15, 0.2) is 4.34 Å². The van der Waals surface area contributed by atoms with Crippen molar-refractivity contribution in [3.05, 3.63) is 64.5 Å². The number of anilines is 1. The van der Waals surface area contributed by atoms with Gasteiger partial charge in [-0.25, -0.2) is 4.98 Å². The summed E-state index contributed by atoms with van der Waals surface area (Å²) in [6, 6.07) is 14.9. The highest BCUT2D eigenvalue weighted by molar-refractivity contribution is 8.01. The largest absolute Gasteiger partial charge is 0.353 e. The molecule has 2 fully saturated rings. The molecule has 8 heteroatoms. The van der Waals surface area contributed by atoms with Gasteiger partial charge < -0.3 is 10.6 Å². The Labute approximate surface area is 246 Å². The second-order valence-electron chi connectivity index (χ2n) is 11.2. The third-order valence-corrected chi connectivity index (χ3v) is 10.2. The van der Waals surface area contributed by atoms with E-state index in [1.807, 2.05) is 29.6 Å². The van der Waals surface area contributed by atoms with E-state index in [1.165, 1.54) is 34.9 Å². The number of amides is 2. The minimum atomic E-state index is 0.0711. The summed E-state index contributed by atoms with van der Waals surface area (Å²) in [7, 11) is 0. The van der Waals surface area contributed by atoms with Gasteiger partial charge in [0.1, 0.15) is 0 Å². The Bertz CT molecular complexity index is 1310. The lowest BCUT2D eigenvalue weighted by molar-refractivity contribution is -0.121. The van der Waals surface area contributed by atoms with Gasteiger partial charge in [-0.15, -0.1) is 11.3 Å². The highest BCUT2D eigenvalue weighted by Gasteiger charge is 2.22. The lowest BCUT2D eigenvalue weighted by atomic mass is 9.88. The summed E-state index contributed by atoms with van der Waals surface area (Å²) in [5.41, 5.74) is 6.70. The highest BCUT2D eigenvalue weighted by Crippen LogP contribution is 2.30. The summed E-state index contributed by atoms with van der Waals surface area (Å²) in [6.45, 7) is 7.29. The molecule has 1 saturated carbocycles. The van der Waals surface area contributed by atoms with Gasteiger partial charge in [-0.2, -0.15) is 0 Å². The van der Waals surface area contributed by atoms with E-state index in [0.29, 0.717) is 5.75 Å². The van der Waals surface area contributed by atoms with Gasteiger partial charge in [-0.1, -0.05) is 61.4 Å². The second kappa shape index (κ2) is 13.8. The Hall–Kier alpha value is -2.68. The number of carbonyl (C=O) groups is 2. The number of nitrogens with zero attached hydrogens (tertiary/aromatic N) is 2. The predicted molar refractivity (Wildman–Crippen MR) is 166 cm³/mol. The number of rotatable bonds is 9. The molecule has 3 aromatic rings. The zero-order valence-corrected chi connectivity index (χ0v) is 25.2. The van der Waals surface area contributed by atoms with Crippen LogP contribution in [0.15, 0.2) is 52.2 Å². The Morgan fingerprint density at radius 3 is 2.58 bits per heavy atom. The lowest BCUT2D eigenvalue weighted by Crippen LogP contribution is -2.44. The van der Waals surface area contributed by atoms with E-state index in [1.54, 1.807) is 11.3 Å². The van der Waals surface area contributed by atoms with Crippen molar-refractivity contribution in [2.75, 3.05) is 24.2 Å². The van der Waals surface area contributed by atoms with Crippen LogP contribution in [0.25, 0.3) is 11.3 Å². The predicted octanol–water partition coefficient (Wildman–Crippen LogP) is 6.82. The van der Waals surface area contributed by atoms with Crippen molar-refractivity contribution in [2.45, 2.75) is 75.7 Å². The molecule has 2 N–H and O–H groups in total. The first-order chi connectivity index (χ1) is 19.4. The van der Waals surface area contributed by atoms with Crippen molar-refractivity contribution < 1.29 is 9.59 Å². The van der Waals surface area contributed by atoms with Crippen LogP contribution in [0.1, 0.15) is 61.6 Å². The van der Waals surface area contributed by atoms with Crippen molar-refractivity contribution in [1.82, 2.24) is 15.2 Å². The number of nitrogens with one attached hydrogen (secondary N) is 2. The third-order valence-electron chi connectivity index (χ3n) is 8.14. The maximum atomic E-state index is 12.7. The minimum absolute atomic E-state index is 0.0711. The average molecular weight is 577 g/mol. The summed E-state index contributed by atoms with van der Waals surface area (Å²) in [5.74, 6) is 0.695. The van der Waals surface area contributed by atoms with Crippen LogP contribution >= 0.6 is 23.1 Å².